The highest BCUT2D eigenvalue weighted by atomic mass is 14.6. The van der Waals surface area contributed by atoms with Crippen LogP contribution in [0.2, 0.25) is 0 Å². The molecule has 0 spiro atoms. The van der Waals surface area contributed by atoms with Crippen molar-refractivity contribution >= 4 is 0 Å². The van der Waals surface area contributed by atoms with E-state index in [0.29, 0.717) is 5.41 Å². The Bertz CT molecular complexity index is 166. The van der Waals surface area contributed by atoms with Crippen LogP contribution in [-0.4, -0.2) is 7.05 Å². The van der Waals surface area contributed by atoms with Crippen LogP contribution in [0.3, 0.4) is 0 Å². The molecular formula is C11H22N+. The van der Waals surface area contributed by atoms with E-state index in [1.165, 1.54) is 12.8 Å². The van der Waals surface area contributed by atoms with E-state index >= 15 is 0 Å². The highest BCUT2D eigenvalue weighted by molar-refractivity contribution is 4.85. The largest absolute Gasteiger partial charge is 0.272 e. The molecule has 0 aromatic heterocycles. The molecule has 1 heteroatoms. The van der Waals surface area contributed by atoms with Crippen LogP contribution in [0.4, 0.5) is 0 Å². The van der Waals surface area contributed by atoms with Gasteiger partial charge in [0.2, 0.25) is 0 Å². The third-order valence-corrected chi connectivity index (χ3v) is 1.98. The molecule has 0 rings (SSSR count). The van der Waals surface area contributed by atoms with Gasteiger partial charge in [0.05, 0.1) is 6.42 Å². The molecule has 70 valence electrons. The van der Waals surface area contributed by atoms with E-state index in [4.69, 9.17) is 0 Å². The van der Waals surface area contributed by atoms with E-state index in [2.05, 4.69) is 38.6 Å². The fraction of sp³-hybridized carbons (Fsp3) is 0.909. The molecule has 0 amide bonds. The highest BCUT2D eigenvalue weighted by Crippen LogP contribution is 2.24. The summed E-state index contributed by atoms with van der Waals surface area (Å²) >= 11 is 0. The van der Waals surface area contributed by atoms with E-state index in [0.717, 1.165) is 12.3 Å². The Balaban J connectivity index is 3.55. The zero-order chi connectivity index (χ0) is 9.61. The Hall–Kier alpha value is -0.510. The molecule has 0 aliphatic heterocycles. The van der Waals surface area contributed by atoms with E-state index in [1.54, 1.807) is 7.05 Å². The minimum Gasteiger partial charge on any atom is -0.0870 e. The van der Waals surface area contributed by atoms with Gasteiger partial charge in [0.25, 0.3) is 13.1 Å². The van der Waals surface area contributed by atoms with Crippen molar-refractivity contribution in [3.63, 3.8) is 0 Å². The lowest BCUT2D eigenvalue weighted by molar-refractivity contribution is 0.332. The zero-order valence-corrected chi connectivity index (χ0v) is 9.15. The summed E-state index contributed by atoms with van der Waals surface area (Å²) in [6.07, 6.45) is 3.58. The summed E-state index contributed by atoms with van der Waals surface area (Å²) in [4.78, 5) is 3.87. The molecule has 1 atom stereocenters. The minimum atomic E-state index is 0.470. The van der Waals surface area contributed by atoms with Gasteiger partial charge >= 0.3 is 0 Å². The Morgan fingerprint density at radius 1 is 1.33 bits per heavy atom. The van der Waals surface area contributed by atoms with Crippen molar-refractivity contribution in [2.75, 3.05) is 7.05 Å². The third-order valence-electron chi connectivity index (χ3n) is 1.98. The monoisotopic (exact) mass is 168 g/mol. The molecule has 0 bridgehead atoms. The van der Waals surface area contributed by atoms with Crippen LogP contribution in [-0.2, 0) is 0 Å². The third kappa shape index (κ3) is 7.60. The summed E-state index contributed by atoms with van der Waals surface area (Å²) in [7, 11) is 1.79. The molecule has 0 heterocycles. The molecule has 1 nitrogen and oxygen atoms in total. The molecule has 0 aliphatic rings. The summed E-state index contributed by atoms with van der Waals surface area (Å²) in [6, 6.07) is 3.01. The minimum absolute atomic E-state index is 0.470. The normalized spacial score (nSPS) is 13.4. The average Bonchev–Trinajstić information content (AvgIpc) is 1.95. The van der Waals surface area contributed by atoms with Gasteiger partial charge in [-0.25, -0.2) is 0 Å². The van der Waals surface area contributed by atoms with Crippen molar-refractivity contribution in [3.8, 4) is 6.07 Å². The maximum atomic E-state index is 3.87. The van der Waals surface area contributed by atoms with Crippen LogP contribution in [0.15, 0.2) is 0 Å². The van der Waals surface area contributed by atoms with Gasteiger partial charge in [0.1, 0.15) is 0 Å². The topological polar surface area (TPSA) is 4.36 Å². The number of rotatable bonds is 3. The smallest absolute Gasteiger partial charge is 0.0870 e. The van der Waals surface area contributed by atoms with Gasteiger partial charge in [-0.05, 0) is 24.2 Å². The first kappa shape index (κ1) is 11.5. The molecule has 12 heavy (non-hydrogen) atoms. The summed E-state index contributed by atoms with van der Waals surface area (Å²) in [5, 5.41) is 0. The fourth-order valence-electron chi connectivity index (χ4n) is 1.03. The zero-order valence-electron chi connectivity index (χ0n) is 9.15. The molecule has 0 N–H and O–H groups in total. The van der Waals surface area contributed by atoms with Crippen molar-refractivity contribution < 1.29 is 0 Å². The van der Waals surface area contributed by atoms with E-state index in [-0.39, 0.29) is 0 Å². The van der Waals surface area contributed by atoms with Crippen LogP contribution < -0.4 is 0 Å². The molecule has 0 saturated heterocycles. The molecule has 0 radical (unpaired) electrons. The first-order chi connectivity index (χ1) is 5.45. The molecule has 0 fully saturated rings. The fourth-order valence-corrected chi connectivity index (χ4v) is 1.03. The summed E-state index contributed by atoms with van der Waals surface area (Å²) in [6.45, 7) is 9.13. The Morgan fingerprint density at radius 3 is 2.33 bits per heavy atom. The lowest BCUT2D eigenvalue weighted by Gasteiger charge is -2.19. The molecule has 0 aromatic carbocycles. The summed E-state index contributed by atoms with van der Waals surface area (Å²) in [5.74, 6) is 0.730. The van der Waals surface area contributed by atoms with Crippen LogP contribution >= 0.6 is 0 Å². The second-order valence-corrected chi connectivity index (χ2v) is 4.79. The average molecular weight is 168 g/mol. The predicted octanol–water partition coefficient (Wildman–Crippen LogP) is 3.80. The van der Waals surface area contributed by atoms with Gasteiger partial charge in [-0.3, -0.25) is 0 Å². The van der Waals surface area contributed by atoms with Gasteiger partial charge in [-0.15, -0.1) is 0 Å². The van der Waals surface area contributed by atoms with Crippen LogP contribution in [0.1, 0.15) is 47.0 Å². The second-order valence-electron chi connectivity index (χ2n) is 4.79. The van der Waals surface area contributed by atoms with Gasteiger partial charge < -0.3 is 0 Å². The SMILES string of the molecule is C[N+]#CCC(C)CCC(C)(C)C. The molecule has 0 aliphatic carbocycles. The van der Waals surface area contributed by atoms with E-state index in [1.807, 2.05) is 0 Å². The second kappa shape index (κ2) is 5.19. The summed E-state index contributed by atoms with van der Waals surface area (Å²) in [5.41, 5.74) is 0.470. The lowest BCUT2D eigenvalue weighted by Crippen LogP contribution is -2.07. The molecular weight excluding hydrogens is 146 g/mol. The van der Waals surface area contributed by atoms with Crippen LogP contribution in [0.5, 0.6) is 0 Å². The van der Waals surface area contributed by atoms with Crippen molar-refractivity contribution in [3.05, 3.63) is 4.85 Å². The first-order valence-corrected chi connectivity index (χ1v) is 4.77. The molecule has 1 unspecified atom stereocenters. The van der Waals surface area contributed by atoms with Gasteiger partial charge in [0, 0.05) is 0 Å². The maximum Gasteiger partial charge on any atom is 0.272 e. The number of nitrogens with zero attached hydrogens (tertiary/aromatic N) is 1. The van der Waals surface area contributed by atoms with E-state index in [9.17, 15) is 0 Å². The molecule has 0 aromatic rings. The Labute approximate surface area is 77.0 Å². The van der Waals surface area contributed by atoms with Crippen LogP contribution in [0, 0.1) is 17.4 Å². The first-order valence-electron chi connectivity index (χ1n) is 4.77. The lowest BCUT2D eigenvalue weighted by atomic mass is 9.86. The predicted molar refractivity (Wildman–Crippen MR) is 55.6 cm³/mol. The highest BCUT2D eigenvalue weighted by Gasteiger charge is 2.12. The van der Waals surface area contributed by atoms with Gasteiger partial charge in [-0.2, -0.15) is 0 Å². The van der Waals surface area contributed by atoms with Gasteiger partial charge in [-0.1, -0.05) is 32.5 Å². The number of hydrogen-bond donors (Lipinski definition) is 0. The van der Waals surface area contributed by atoms with Gasteiger partial charge in [0.15, 0.2) is 0 Å². The molecule has 0 saturated carbocycles. The quantitative estimate of drug-likeness (QED) is 0.603. The standard InChI is InChI=1S/C11H22N/c1-10(7-9-12-5)6-8-11(2,3)4/h10H,6-8H2,1-5H3/q+1. The Morgan fingerprint density at radius 2 is 1.92 bits per heavy atom. The Kier molecular flexibility index (Phi) is 4.97. The van der Waals surface area contributed by atoms with Crippen molar-refractivity contribution in [1.82, 2.24) is 0 Å². The summed E-state index contributed by atoms with van der Waals surface area (Å²) < 4.78 is 0. The van der Waals surface area contributed by atoms with Crippen molar-refractivity contribution in [2.45, 2.75) is 47.0 Å². The van der Waals surface area contributed by atoms with Crippen molar-refractivity contribution in [1.29, 1.82) is 0 Å². The van der Waals surface area contributed by atoms with Crippen molar-refractivity contribution in [2.24, 2.45) is 11.3 Å². The maximum absolute atomic E-state index is 3.87. The van der Waals surface area contributed by atoms with E-state index < -0.39 is 0 Å². The number of hydrogen-bond acceptors (Lipinski definition) is 0. The van der Waals surface area contributed by atoms with Crippen LogP contribution in [0.25, 0.3) is 4.85 Å².